The molecule has 0 aliphatic carbocycles. The molecule has 0 saturated heterocycles. The van der Waals surface area contributed by atoms with E-state index in [1.807, 2.05) is 6.92 Å². The maximum atomic E-state index is 11.9. The van der Waals surface area contributed by atoms with Crippen molar-refractivity contribution in [2.75, 3.05) is 26.7 Å². The summed E-state index contributed by atoms with van der Waals surface area (Å²) >= 11 is 0. The molecule has 0 aliphatic heterocycles. The van der Waals surface area contributed by atoms with Gasteiger partial charge in [-0.3, -0.25) is 4.79 Å². The highest BCUT2D eigenvalue weighted by atomic mass is 16.5. The van der Waals surface area contributed by atoms with Gasteiger partial charge in [0.2, 0.25) is 0 Å². The second-order valence-electron chi connectivity index (χ2n) is 5.51. The predicted octanol–water partition coefficient (Wildman–Crippen LogP) is 2.28. The Balaban J connectivity index is 4.27. The number of ether oxygens (including phenoxy) is 1. The van der Waals surface area contributed by atoms with Crippen LogP contribution in [0.15, 0.2) is 0 Å². The van der Waals surface area contributed by atoms with Crippen LogP contribution >= 0.6 is 0 Å². The topological polar surface area (TPSA) is 41.6 Å². The average Bonchev–Trinajstić information content (AvgIpc) is 2.37. The standard InChI is InChI=1S/C15H32N2O2/c1-7-10-16-14(15(18)19-8-2)9-11-17(6)13(5)12(3)4/h12-14,16H,7-11H2,1-6H3. The lowest BCUT2D eigenvalue weighted by Crippen LogP contribution is -2.42. The van der Waals surface area contributed by atoms with Gasteiger partial charge in [0.15, 0.2) is 0 Å². The van der Waals surface area contributed by atoms with Gasteiger partial charge in [-0.15, -0.1) is 0 Å². The van der Waals surface area contributed by atoms with E-state index in [0.29, 0.717) is 18.6 Å². The third-order valence-electron chi connectivity index (χ3n) is 3.64. The van der Waals surface area contributed by atoms with Crippen LogP contribution in [0.3, 0.4) is 0 Å². The van der Waals surface area contributed by atoms with Crippen LogP contribution in [-0.2, 0) is 9.53 Å². The zero-order valence-electron chi connectivity index (χ0n) is 13.5. The third kappa shape index (κ3) is 7.53. The van der Waals surface area contributed by atoms with E-state index in [1.54, 1.807) is 0 Å². The van der Waals surface area contributed by atoms with Crippen molar-refractivity contribution in [3.8, 4) is 0 Å². The Labute approximate surface area is 118 Å². The van der Waals surface area contributed by atoms with Crippen molar-refractivity contribution in [2.24, 2.45) is 5.92 Å². The van der Waals surface area contributed by atoms with E-state index in [4.69, 9.17) is 4.74 Å². The summed E-state index contributed by atoms with van der Waals surface area (Å²) in [4.78, 5) is 14.2. The first kappa shape index (κ1) is 18.4. The van der Waals surface area contributed by atoms with Gasteiger partial charge in [-0.1, -0.05) is 20.8 Å². The second-order valence-corrected chi connectivity index (χ2v) is 5.51. The van der Waals surface area contributed by atoms with Crippen LogP contribution in [0.5, 0.6) is 0 Å². The van der Waals surface area contributed by atoms with Gasteiger partial charge in [-0.05, 0) is 46.2 Å². The highest BCUT2D eigenvalue weighted by molar-refractivity contribution is 5.75. The van der Waals surface area contributed by atoms with E-state index in [2.05, 4.69) is 45.0 Å². The van der Waals surface area contributed by atoms with Gasteiger partial charge in [0, 0.05) is 12.6 Å². The van der Waals surface area contributed by atoms with Gasteiger partial charge in [0.1, 0.15) is 6.04 Å². The van der Waals surface area contributed by atoms with E-state index < -0.39 is 0 Å². The molecule has 0 aliphatic rings. The zero-order valence-corrected chi connectivity index (χ0v) is 13.5. The van der Waals surface area contributed by atoms with Crippen molar-refractivity contribution < 1.29 is 9.53 Å². The maximum Gasteiger partial charge on any atom is 0.323 e. The van der Waals surface area contributed by atoms with E-state index in [-0.39, 0.29) is 12.0 Å². The number of esters is 1. The summed E-state index contributed by atoms with van der Waals surface area (Å²) < 4.78 is 5.12. The molecule has 0 aromatic rings. The molecule has 114 valence electrons. The van der Waals surface area contributed by atoms with Crippen LogP contribution < -0.4 is 5.32 Å². The largest absolute Gasteiger partial charge is 0.465 e. The Hall–Kier alpha value is -0.610. The zero-order chi connectivity index (χ0) is 14.8. The molecule has 19 heavy (non-hydrogen) atoms. The number of carbonyl (C=O) groups is 1. The summed E-state index contributed by atoms with van der Waals surface area (Å²) in [7, 11) is 2.12. The molecule has 0 amide bonds. The molecule has 0 aromatic heterocycles. The molecule has 0 fully saturated rings. The summed E-state index contributed by atoms with van der Waals surface area (Å²) in [5, 5.41) is 3.28. The van der Waals surface area contributed by atoms with Gasteiger partial charge in [-0.2, -0.15) is 0 Å². The third-order valence-corrected chi connectivity index (χ3v) is 3.64. The van der Waals surface area contributed by atoms with Gasteiger partial charge < -0.3 is 15.0 Å². The van der Waals surface area contributed by atoms with E-state index in [9.17, 15) is 4.79 Å². The van der Waals surface area contributed by atoms with Crippen molar-refractivity contribution in [2.45, 2.75) is 59.5 Å². The van der Waals surface area contributed by atoms with Crippen LogP contribution in [0.25, 0.3) is 0 Å². The average molecular weight is 272 g/mol. The molecular weight excluding hydrogens is 240 g/mol. The molecule has 2 unspecified atom stereocenters. The number of rotatable bonds is 10. The van der Waals surface area contributed by atoms with Crippen molar-refractivity contribution >= 4 is 5.97 Å². The Bertz CT molecular complexity index is 244. The highest BCUT2D eigenvalue weighted by Gasteiger charge is 2.21. The molecule has 0 bridgehead atoms. The number of carbonyl (C=O) groups excluding carboxylic acids is 1. The molecular formula is C15H32N2O2. The minimum absolute atomic E-state index is 0.124. The molecule has 4 nitrogen and oxygen atoms in total. The molecule has 0 rings (SSSR count). The van der Waals surface area contributed by atoms with Gasteiger partial charge >= 0.3 is 5.97 Å². The quantitative estimate of drug-likeness (QED) is 0.620. The Kier molecular flexibility index (Phi) is 9.88. The SMILES string of the molecule is CCCNC(CCN(C)C(C)C(C)C)C(=O)OCC. The lowest BCUT2D eigenvalue weighted by molar-refractivity contribution is -0.146. The number of hydrogen-bond donors (Lipinski definition) is 1. The molecule has 0 heterocycles. The minimum atomic E-state index is -0.179. The van der Waals surface area contributed by atoms with Crippen LogP contribution in [0.2, 0.25) is 0 Å². The Morgan fingerprint density at radius 2 is 1.89 bits per heavy atom. The summed E-state index contributed by atoms with van der Waals surface area (Å²) in [6, 6.07) is 0.343. The fourth-order valence-electron chi connectivity index (χ4n) is 1.91. The maximum absolute atomic E-state index is 11.9. The number of nitrogens with zero attached hydrogens (tertiary/aromatic N) is 1. The van der Waals surface area contributed by atoms with Crippen LogP contribution in [0.1, 0.15) is 47.5 Å². The van der Waals surface area contributed by atoms with Crippen molar-refractivity contribution in [1.29, 1.82) is 0 Å². The first-order valence-corrected chi connectivity index (χ1v) is 7.54. The highest BCUT2D eigenvalue weighted by Crippen LogP contribution is 2.09. The first-order chi connectivity index (χ1) is 8.93. The van der Waals surface area contributed by atoms with Gasteiger partial charge in [0.25, 0.3) is 0 Å². The van der Waals surface area contributed by atoms with E-state index >= 15 is 0 Å². The fraction of sp³-hybridized carbons (Fsp3) is 0.933. The monoisotopic (exact) mass is 272 g/mol. The summed E-state index contributed by atoms with van der Waals surface area (Å²) in [6.07, 6.45) is 1.82. The molecule has 0 spiro atoms. The van der Waals surface area contributed by atoms with E-state index in [1.165, 1.54) is 0 Å². The van der Waals surface area contributed by atoms with Crippen molar-refractivity contribution in [3.63, 3.8) is 0 Å². The lowest BCUT2D eigenvalue weighted by atomic mass is 10.0. The van der Waals surface area contributed by atoms with Crippen molar-refractivity contribution in [1.82, 2.24) is 10.2 Å². The summed E-state index contributed by atoms with van der Waals surface area (Å²) in [5.74, 6) is 0.496. The van der Waals surface area contributed by atoms with Crippen LogP contribution in [-0.4, -0.2) is 49.7 Å². The molecule has 1 N–H and O–H groups in total. The molecule has 0 radical (unpaired) electrons. The Morgan fingerprint density at radius 3 is 2.37 bits per heavy atom. The number of hydrogen-bond acceptors (Lipinski definition) is 4. The predicted molar refractivity (Wildman–Crippen MR) is 80.3 cm³/mol. The summed E-state index contributed by atoms with van der Waals surface area (Å²) in [5.41, 5.74) is 0. The second kappa shape index (κ2) is 10.2. The molecule has 2 atom stereocenters. The van der Waals surface area contributed by atoms with Crippen LogP contribution in [0.4, 0.5) is 0 Å². The fourth-order valence-corrected chi connectivity index (χ4v) is 1.91. The smallest absolute Gasteiger partial charge is 0.323 e. The lowest BCUT2D eigenvalue weighted by Gasteiger charge is -2.29. The molecule has 0 saturated carbocycles. The van der Waals surface area contributed by atoms with E-state index in [0.717, 1.165) is 25.9 Å². The first-order valence-electron chi connectivity index (χ1n) is 7.54. The van der Waals surface area contributed by atoms with Crippen LogP contribution in [0, 0.1) is 5.92 Å². The normalized spacial score (nSPS) is 14.7. The number of nitrogens with one attached hydrogen (secondary N) is 1. The summed E-state index contributed by atoms with van der Waals surface area (Å²) in [6.45, 7) is 12.8. The Morgan fingerprint density at radius 1 is 1.26 bits per heavy atom. The molecule has 4 heteroatoms. The van der Waals surface area contributed by atoms with Crippen molar-refractivity contribution in [3.05, 3.63) is 0 Å². The molecule has 0 aromatic carbocycles. The van der Waals surface area contributed by atoms with Gasteiger partial charge in [-0.25, -0.2) is 0 Å². The van der Waals surface area contributed by atoms with Gasteiger partial charge in [0.05, 0.1) is 6.61 Å². The minimum Gasteiger partial charge on any atom is -0.465 e.